The fourth-order valence-corrected chi connectivity index (χ4v) is 4.98. The molecule has 0 bridgehead atoms. The van der Waals surface area contributed by atoms with Crippen molar-refractivity contribution in [3.8, 4) is 0 Å². The maximum atomic E-state index is 12.7. The maximum Gasteiger partial charge on any atom is 0.315 e. The first kappa shape index (κ1) is 19.5. The van der Waals surface area contributed by atoms with Gasteiger partial charge in [-0.05, 0) is 35.3 Å². The van der Waals surface area contributed by atoms with Crippen molar-refractivity contribution in [2.24, 2.45) is 17.8 Å². The van der Waals surface area contributed by atoms with Gasteiger partial charge in [0.15, 0.2) is 0 Å². The Balaban J connectivity index is 1.31. The number of carbonyl (C=O) groups excluding carboxylic acids is 2. The van der Waals surface area contributed by atoms with Crippen LogP contribution in [0.2, 0.25) is 0 Å². The van der Waals surface area contributed by atoms with Gasteiger partial charge in [-0.3, -0.25) is 4.79 Å². The zero-order chi connectivity index (χ0) is 20.2. The number of benzene rings is 2. The van der Waals surface area contributed by atoms with Crippen LogP contribution < -0.4 is 10.6 Å². The number of hydrogen-bond donors (Lipinski definition) is 2. The molecular weight excluding hydrogens is 362 g/mol. The van der Waals surface area contributed by atoms with E-state index in [2.05, 4.69) is 34.6 Å². The fraction of sp³-hybridized carbons (Fsp3) is 0.417. The zero-order valence-corrected chi connectivity index (χ0v) is 16.9. The van der Waals surface area contributed by atoms with E-state index in [0.29, 0.717) is 43.8 Å². The van der Waals surface area contributed by atoms with Crippen molar-refractivity contribution < 1.29 is 9.59 Å². The van der Waals surface area contributed by atoms with E-state index in [1.54, 1.807) is 0 Å². The molecule has 0 radical (unpaired) electrons. The summed E-state index contributed by atoms with van der Waals surface area (Å²) in [5.74, 6) is 1.41. The summed E-state index contributed by atoms with van der Waals surface area (Å²) in [5.41, 5.74) is 2.26. The Morgan fingerprint density at radius 3 is 2.34 bits per heavy atom. The van der Waals surface area contributed by atoms with Gasteiger partial charge in [-0.1, -0.05) is 67.6 Å². The van der Waals surface area contributed by atoms with Crippen LogP contribution in [0.4, 0.5) is 4.79 Å². The molecule has 2 N–H and O–H groups in total. The lowest BCUT2D eigenvalue weighted by Gasteiger charge is -2.24. The lowest BCUT2D eigenvalue weighted by molar-refractivity contribution is -0.129. The highest BCUT2D eigenvalue weighted by atomic mass is 16.2. The molecule has 5 nitrogen and oxygen atoms in total. The van der Waals surface area contributed by atoms with Gasteiger partial charge >= 0.3 is 6.03 Å². The van der Waals surface area contributed by atoms with Crippen molar-refractivity contribution in [1.29, 1.82) is 0 Å². The molecule has 4 atom stereocenters. The molecule has 0 unspecified atom stereocenters. The van der Waals surface area contributed by atoms with Crippen LogP contribution in [0.5, 0.6) is 0 Å². The monoisotopic (exact) mass is 391 g/mol. The van der Waals surface area contributed by atoms with Crippen LogP contribution in [-0.4, -0.2) is 29.4 Å². The number of nitrogens with zero attached hydrogens (tertiary/aromatic N) is 1. The third-order valence-corrected chi connectivity index (χ3v) is 6.51. The smallest absolute Gasteiger partial charge is 0.315 e. The molecule has 1 aliphatic heterocycles. The first-order chi connectivity index (χ1) is 14.1. The molecule has 2 aromatic rings. The van der Waals surface area contributed by atoms with Crippen LogP contribution in [0.25, 0.3) is 0 Å². The Kier molecular flexibility index (Phi) is 5.84. The Morgan fingerprint density at radius 1 is 1.00 bits per heavy atom. The van der Waals surface area contributed by atoms with Crippen molar-refractivity contribution in [2.45, 2.75) is 38.9 Å². The molecule has 2 aromatic carbocycles. The summed E-state index contributed by atoms with van der Waals surface area (Å²) in [5, 5.41) is 5.96. The quantitative estimate of drug-likeness (QED) is 0.791. The Bertz CT molecular complexity index is 840. The first-order valence-corrected chi connectivity index (χ1v) is 10.5. The summed E-state index contributed by atoms with van der Waals surface area (Å²) in [4.78, 5) is 27.0. The number of hydrogen-bond acceptors (Lipinski definition) is 2. The molecule has 3 amide bonds. The summed E-state index contributed by atoms with van der Waals surface area (Å²) in [6, 6.07) is 20.2. The first-order valence-electron chi connectivity index (χ1n) is 10.5. The summed E-state index contributed by atoms with van der Waals surface area (Å²) in [6.07, 6.45) is 1.61. The predicted molar refractivity (Wildman–Crippen MR) is 113 cm³/mol. The third kappa shape index (κ3) is 4.44. The molecule has 4 rings (SSSR count). The standard InChI is InChI=1S/C24H29N3O2/c1-17-12-22-20(13-23(28)27(22)16-19-10-6-3-7-11-19)21(17)15-26-24(29)25-14-18-8-4-2-5-9-18/h2-11,17,20-22H,12-16H2,1H3,(H2,25,26,29)/t17-,20-,21+,22+/m0/s1. The van der Waals surface area contributed by atoms with Crippen LogP contribution in [0.3, 0.4) is 0 Å². The van der Waals surface area contributed by atoms with Gasteiger partial charge in [0.1, 0.15) is 0 Å². The average Bonchev–Trinajstić information content (AvgIpc) is 3.20. The van der Waals surface area contributed by atoms with Crippen molar-refractivity contribution in [2.75, 3.05) is 6.54 Å². The van der Waals surface area contributed by atoms with Crippen LogP contribution >= 0.6 is 0 Å². The topological polar surface area (TPSA) is 61.4 Å². The van der Waals surface area contributed by atoms with E-state index in [9.17, 15) is 9.59 Å². The van der Waals surface area contributed by atoms with E-state index in [0.717, 1.165) is 12.0 Å². The van der Waals surface area contributed by atoms with Gasteiger partial charge in [-0.25, -0.2) is 4.79 Å². The highest BCUT2D eigenvalue weighted by Gasteiger charge is 2.50. The lowest BCUT2D eigenvalue weighted by atomic mass is 9.88. The highest BCUT2D eigenvalue weighted by molar-refractivity contribution is 5.79. The normalized spacial score (nSPS) is 25.7. The van der Waals surface area contributed by atoms with E-state index in [1.807, 2.05) is 48.5 Å². The number of amides is 3. The molecule has 5 heteroatoms. The Morgan fingerprint density at radius 2 is 1.66 bits per heavy atom. The summed E-state index contributed by atoms with van der Waals surface area (Å²) < 4.78 is 0. The Hall–Kier alpha value is -2.82. The third-order valence-electron chi connectivity index (χ3n) is 6.51. The van der Waals surface area contributed by atoms with Crippen molar-refractivity contribution in [3.05, 3.63) is 71.8 Å². The SMILES string of the molecule is C[C@H]1C[C@@H]2[C@@H](CC(=O)N2Cc2ccccc2)[C@@H]1CNC(=O)NCc1ccccc1. The predicted octanol–water partition coefficient (Wildman–Crippen LogP) is 3.56. The summed E-state index contributed by atoms with van der Waals surface area (Å²) in [7, 11) is 0. The maximum absolute atomic E-state index is 12.7. The van der Waals surface area contributed by atoms with Gasteiger partial charge in [0, 0.05) is 32.1 Å². The van der Waals surface area contributed by atoms with Gasteiger partial charge in [0.05, 0.1) is 0 Å². The molecule has 29 heavy (non-hydrogen) atoms. The lowest BCUT2D eigenvalue weighted by Crippen LogP contribution is -2.40. The van der Waals surface area contributed by atoms with Gasteiger partial charge in [-0.2, -0.15) is 0 Å². The van der Waals surface area contributed by atoms with Crippen molar-refractivity contribution >= 4 is 11.9 Å². The van der Waals surface area contributed by atoms with Crippen LogP contribution in [0.1, 0.15) is 30.9 Å². The van der Waals surface area contributed by atoms with E-state index >= 15 is 0 Å². The summed E-state index contributed by atoms with van der Waals surface area (Å²) in [6.45, 7) is 4.07. The number of rotatable bonds is 6. The van der Waals surface area contributed by atoms with E-state index in [1.165, 1.54) is 5.56 Å². The van der Waals surface area contributed by atoms with Crippen LogP contribution in [0.15, 0.2) is 60.7 Å². The molecule has 2 fully saturated rings. The van der Waals surface area contributed by atoms with Gasteiger partial charge < -0.3 is 15.5 Å². The van der Waals surface area contributed by atoms with E-state index in [-0.39, 0.29) is 18.0 Å². The second-order valence-electron chi connectivity index (χ2n) is 8.37. The highest BCUT2D eigenvalue weighted by Crippen LogP contribution is 2.46. The van der Waals surface area contributed by atoms with E-state index in [4.69, 9.17) is 0 Å². The minimum absolute atomic E-state index is 0.144. The fourth-order valence-electron chi connectivity index (χ4n) is 4.98. The Labute approximate surface area is 172 Å². The molecular formula is C24H29N3O2. The minimum atomic E-state index is -0.144. The molecule has 1 heterocycles. The molecule has 1 saturated carbocycles. The van der Waals surface area contributed by atoms with Crippen LogP contribution in [-0.2, 0) is 17.9 Å². The zero-order valence-electron chi connectivity index (χ0n) is 16.9. The number of likely N-dealkylation sites (tertiary alicyclic amines) is 1. The molecule has 152 valence electrons. The van der Waals surface area contributed by atoms with Crippen molar-refractivity contribution in [1.82, 2.24) is 15.5 Å². The molecule has 1 aliphatic carbocycles. The number of nitrogens with one attached hydrogen (secondary N) is 2. The van der Waals surface area contributed by atoms with E-state index < -0.39 is 0 Å². The van der Waals surface area contributed by atoms with Gasteiger partial charge in [0.25, 0.3) is 0 Å². The molecule has 0 spiro atoms. The average molecular weight is 392 g/mol. The molecule has 1 saturated heterocycles. The number of fused-ring (bicyclic) bond motifs is 1. The van der Waals surface area contributed by atoms with Crippen molar-refractivity contribution in [3.63, 3.8) is 0 Å². The molecule has 2 aliphatic rings. The second-order valence-corrected chi connectivity index (χ2v) is 8.37. The van der Waals surface area contributed by atoms with Crippen LogP contribution in [0, 0.1) is 17.8 Å². The largest absolute Gasteiger partial charge is 0.338 e. The number of urea groups is 1. The molecule has 0 aromatic heterocycles. The second kappa shape index (κ2) is 8.68. The minimum Gasteiger partial charge on any atom is -0.338 e. The van der Waals surface area contributed by atoms with Gasteiger partial charge in [-0.15, -0.1) is 0 Å². The van der Waals surface area contributed by atoms with Gasteiger partial charge in [0.2, 0.25) is 5.91 Å². The number of carbonyl (C=O) groups is 2. The summed E-state index contributed by atoms with van der Waals surface area (Å²) >= 11 is 0.